The highest BCUT2D eigenvalue weighted by Crippen LogP contribution is 2.30. The molecule has 1 N–H and O–H groups in total. The standard InChI is InChI=1S/C26H34N6O/c1-26(2)17-32(18-26)16-25(33)29-24-12-21-11-19(7-8-20(21)13-27-24)22-14-28-30(3)23(22)15-31-9-5-4-6-10-31/h7-8,11-14H,4-6,9-10,15-18H2,1-3H3,(H,27,29,33). The Balaban J connectivity index is 1.33. The van der Waals surface area contributed by atoms with Crippen molar-refractivity contribution in [3.05, 3.63) is 42.4 Å². The summed E-state index contributed by atoms with van der Waals surface area (Å²) in [6.45, 7) is 10.0. The van der Waals surface area contributed by atoms with Crippen LogP contribution in [0.4, 0.5) is 5.82 Å². The number of hydrogen-bond acceptors (Lipinski definition) is 5. The normalized spacial score (nSPS) is 18.9. The molecule has 2 fully saturated rings. The van der Waals surface area contributed by atoms with Crippen molar-refractivity contribution in [1.82, 2.24) is 24.6 Å². The van der Waals surface area contributed by atoms with Crippen molar-refractivity contribution in [2.75, 3.05) is 38.0 Å². The van der Waals surface area contributed by atoms with Gasteiger partial charge in [0.2, 0.25) is 5.91 Å². The Morgan fingerprint density at radius 3 is 2.58 bits per heavy atom. The molecule has 2 saturated heterocycles. The van der Waals surface area contributed by atoms with E-state index in [-0.39, 0.29) is 5.91 Å². The van der Waals surface area contributed by atoms with Gasteiger partial charge in [-0.05, 0) is 54.4 Å². The third kappa shape index (κ3) is 4.94. The Morgan fingerprint density at radius 2 is 1.82 bits per heavy atom. The first-order chi connectivity index (χ1) is 15.9. The van der Waals surface area contributed by atoms with Gasteiger partial charge in [-0.3, -0.25) is 19.3 Å². The van der Waals surface area contributed by atoms with Crippen LogP contribution in [0.5, 0.6) is 0 Å². The lowest BCUT2D eigenvalue weighted by atomic mass is 9.84. The average Bonchev–Trinajstić information content (AvgIpc) is 3.13. The number of carbonyl (C=O) groups is 1. The molecule has 1 aromatic carbocycles. The molecule has 5 rings (SSSR count). The number of aromatic nitrogens is 3. The number of aryl methyl sites for hydroxylation is 1. The number of rotatable bonds is 6. The highest BCUT2D eigenvalue weighted by Gasteiger charge is 2.34. The third-order valence-corrected chi connectivity index (χ3v) is 6.85. The molecular formula is C26H34N6O. The molecule has 0 atom stereocenters. The number of nitrogens with one attached hydrogen (secondary N) is 1. The third-order valence-electron chi connectivity index (χ3n) is 6.85. The zero-order chi connectivity index (χ0) is 23.0. The molecule has 0 radical (unpaired) electrons. The van der Waals surface area contributed by atoms with E-state index in [4.69, 9.17) is 0 Å². The first-order valence-corrected chi connectivity index (χ1v) is 12.0. The molecule has 33 heavy (non-hydrogen) atoms. The maximum absolute atomic E-state index is 12.5. The van der Waals surface area contributed by atoms with Crippen LogP contribution in [0.1, 0.15) is 38.8 Å². The van der Waals surface area contributed by atoms with Gasteiger partial charge in [-0.15, -0.1) is 0 Å². The number of piperidine rings is 1. The minimum atomic E-state index is -0.00965. The highest BCUT2D eigenvalue weighted by atomic mass is 16.2. The van der Waals surface area contributed by atoms with Crippen molar-refractivity contribution in [1.29, 1.82) is 0 Å². The number of pyridine rings is 1. The summed E-state index contributed by atoms with van der Waals surface area (Å²) >= 11 is 0. The van der Waals surface area contributed by atoms with Crippen molar-refractivity contribution in [2.45, 2.75) is 39.7 Å². The number of benzene rings is 1. The van der Waals surface area contributed by atoms with Crippen molar-refractivity contribution in [3.8, 4) is 11.1 Å². The molecule has 1 amide bonds. The Morgan fingerprint density at radius 1 is 1.03 bits per heavy atom. The number of amides is 1. The molecule has 174 valence electrons. The molecule has 0 saturated carbocycles. The number of hydrogen-bond donors (Lipinski definition) is 1. The van der Waals surface area contributed by atoms with Crippen molar-refractivity contribution < 1.29 is 4.79 Å². The minimum absolute atomic E-state index is 0.00965. The lowest BCUT2D eigenvalue weighted by molar-refractivity contribution is -0.120. The molecule has 2 aromatic heterocycles. The molecule has 4 heterocycles. The van der Waals surface area contributed by atoms with Gasteiger partial charge in [0.25, 0.3) is 0 Å². The summed E-state index contributed by atoms with van der Waals surface area (Å²) in [7, 11) is 2.03. The van der Waals surface area contributed by atoms with Gasteiger partial charge >= 0.3 is 0 Å². The maximum Gasteiger partial charge on any atom is 0.239 e. The Hall–Kier alpha value is -2.77. The average molecular weight is 447 g/mol. The predicted molar refractivity (Wildman–Crippen MR) is 132 cm³/mol. The first-order valence-electron chi connectivity index (χ1n) is 12.0. The van der Waals surface area contributed by atoms with Crippen LogP contribution < -0.4 is 5.32 Å². The van der Waals surface area contributed by atoms with Gasteiger partial charge in [0.05, 0.1) is 18.4 Å². The van der Waals surface area contributed by atoms with Gasteiger partial charge < -0.3 is 5.32 Å². The Labute approximate surface area is 195 Å². The summed E-state index contributed by atoms with van der Waals surface area (Å²) in [5.41, 5.74) is 3.88. The number of anilines is 1. The van der Waals surface area contributed by atoms with Gasteiger partial charge in [0.1, 0.15) is 5.82 Å². The molecule has 0 spiro atoms. The van der Waals surface area contributed by atoms with E-state index >= 15 is 0 Å². The van der Waals surface area contributed by atoms with E-state index in [0.29, 0.717) is 17.8 Å². The quantitative estimate of drug-likeness (QED) is 0.622. The van der Waals surface area contributed by atoms with Crippen LogP contribution in [0.3, 0.4) is 0 Å². The summed E-state index contributed by atoms with van der Waals surface area (Å²) < 4.78 is 2.00. The monoisotopic (exact) mass is 446 g/mol. The van der Waals surface area contributed by atoms with E-state index in [9.17, 15) is 4.79 Å². The van der Waals surface area contributed by atoms with Gasteiger partial charge in [-0.2, -0.15) is 5.10 Å². The SMILES string of the molecule is Cn1ncc(-c2ccc3cnc(NC(=O)CN4CC(C)(C)C4)cc3c2)c1CN1CCCCC1. The number of nitrogens with zero attached hydrogens (tertiary/aromatic N) is 5. The minimum Gasteiger partial charge on any atom is -0.310 e. The predicted octanol–water partition coefficient (Wildman–Crippen LogP) is 3.90. The van der Waals surface area contributed by atoms with E-state index in [0.717, 1.165) is 49.1 Å². The second-order valence-corrected chi connectivity index (χ2v) is 10.5. The van der Waals surface area contributed by atoms with Crippen LogP contribution in [-0.2, 0) is 18.4 Å². The fraction of sp³-hybridized carbons (Fsp3) is 0.500. The first kappa shape index (κ1) is 22.0. The molecule has 3 aromatic rings. The molecule has 7 heteroatoms. The summed E-state index contributed by atoms with van der Waals surface area (Å²) in [5.74, 6) is 0.591. The van der Waals surface area contributed by atoms with Crippen molar-refractivity contribution >= 4 is 22.5 Å². The van der Waals surface area contributed by atoms with Crippen LogP contribution in [0.25, 0.3) is 21.9 Å². The van der Waals surface area contributed by atoms with Crippen LogP contribution in [0, 0.1) is 5.41 Å². The summed E-state index contributed by atoms with van der Waals surface area (Å²) in [6, 6.07) is 8.40. The molecule has 7 nitrogen and oxygen atoms in total. The fourth-order valence-electron chi connectivity index (χ4n) is 5.26. The van der Waals surface area contributed by atoms with Gasteiger partial charge in [0, 0.05) is 43.8 Å². The largest absolute Gasteiger partial charge is 0.310 e. The lowest BCUT2D eigenvalue weighted by Crippen LogP contribution is -2.54. The van der Waals surface area contributed by atoms with E-state index in [1.165, 1.54) is 30.5 Å². The Bertz CT molecular complexity index is 1150. The fourth-order valence-corrected chi connectivity index (χ4v) is 5.26. The van der Waals surface area contributed by atoms with Crippen molar-refractivity contribution in [3.63, 3.8) is 0 Å². The van der Waals surface area contributed by atoms with Crippen LogP contribution >= 0.6 is 0 Å². The van der Waals surface area contributed by atoms with E-state index < -0.39 is 0 Å². The topological polar surface area (TPSA) is 66.3 Å². The molecule has 0 aliphatic carbocycles. The van der Waals surface area contributed by atoms with E-state index in [1.807, 2.05) is 30.2 Å². The second kappa shape index (κ2) is 8.88. The van der Waals surface area contributed by atoms with Gasteiger partial charge in [0.15, 0.2) is 0 Å². The Kier molecular flexibility index (Phi) is 5.93. The molecular weight excluding hydrogens is 412 g/mol. The summed E-state index contributed by atoms with van der Waals surface area (Å²) in [6.07, 6.45) is 7.70. The maximum atomic E-state index is 12.5. The van der Waals surface area contributed by atoms with Gasteiger partial charge in [-0.25, -0.2) is 4.98 Å². The zero-order valence-corrected chi connectivity index (χ0v) is 20.0. The zero-order valence-electron chi connectivity index (χ0n) is 20.0. The summed E-state index contributed by atoms with van der Waals surface area (Å²) in [5, 5.41) is 9.66. The number of likely N-dealkylation sites (tertiary alicyclic amines) is 2. The second-order valence-electron chi connectivity index (χ2n) is 10.5. The van der Waals surface area contributed by atoms with Gasteiger partial charge in [-0.1, -0.05) is 32.4 Å². The number of carbonyl (C=O) groups excluding carboxylic acids is 1. The van der Waals surface area contributed by atoms with E-state index in [1.54, 1.807) is 0 Å². The van der Waals surface area contributed by atoms with Crippen LogP contribution in [0.15, 0.2) is 36.7 Å². The van der Waals surface area contributed by atoms with E-state index in [2.05, 4.69) is 57.2 Å². The summed E-state index contributed by atoms with van der Waals surface area (Å²) in [4.78, 5) is 21.6. The van der Waals surface area contributed by atoms with Crippen LogP contribution in [0.2, 0.25) is 0 Å². The lowest BCUT2D eigenvalue weighted by Gasteiger charge is -2.45. The smallest absolute Gasteiger partial charge is 0.239 e. The molecule has 0 bridgehead atoms. The molecule has 0 unspecified atom stereocenters. The van der Waals surface area contributed by atoms with Crippen LogP contribution in [-0.4, -0.2) is 63.2 Å². The highest BCUT2D eigenvalue weighted by molar-refractivity contribution is 5.95. The molecule has 2 aliphatic heterocycles. The molecule has 2 aliphatic rings. The van der Waals surface area contributed by atoms with Crippen molar-refractivity contribution in [2.24, 2.45) is 12.5 Å². The number of fused-ring (bicyclic) bond motifs is 1.